The van der Waals surface area contributed by atoms with Crippen LogP contribution in [0.2, 0.25) is 0 Å². The highest BCUT2D eigenvalue weighted by atomic mass is 16.5. The van der Waals surface area contributed by atoms with Gasteiger partial charge >= 0.3 is 5.97 Å². The fourth-order valence-electron chi connectivity index (χ4n) is 3.22. The first-order valence-electron chi connectivity index (χ1n) is 9.11. The summed E-state index contributed by atoms with van der Waals surface area (Å²) in [5, 5.41) is 9.17. The number of carboxylic acids is 1. The summed E-state index contributed by atoms with van der Waals surface area (Å²) in [5.74, 6) is -0.259. The number of benzene rings is 1. The lowest BCUT2D eigenvalue weighted by Gasteiger charge is -2.36. The third-order valence-electron chi connectivity index (χ3n) is 4.94. The zero-order valence-electron chi connectivity index (χ0n) is 15.5. The number of aryl methyl sites for hydroxylation is 2. The minimum atomic E-state index is -0.799. The maximum Gasteiger partial charge on any atom is 0.308 e. The molecule has 138 valence electrons. The number of likely N-dealkylation sites (tertiary alicyclic amines) is 1. The van der Waals surface area contributed by atoms with E-state index in [0.29, 0.717) is 26.0 Å². The second-order valence-corrected chi connectivity index (χ2v) is 7.08. The largest absolute Gasteiger partial charge is 0.493 e. The Balaban J connectivity index is 1.72. The molecule has 2 atom stereocenters. The Morgan fingerprint density at radius 2 is 2.00 bits per heavy atom. The van der Waals surface area contributed by atoms with E-state index in [4.69, 9.17) is 9.84 Å². The zero-order valence-corrected chi connectivity index (χ0v) is 15.5. The molecule has 1 aromatic rings. The zero-order chi connectivity index (χ0) is 18.4. The van der Waals surface area contributed by atoms with Crippen LogP contribution in [0.4, 0.5) is 0 Å². The number of hydrogen-bond acceptors (Lipinski definition) is 3. The molecule has 0 aromatic heterocycles. The number of ether oxygens (including phenoxy) is 1. The lowest BCUT2D eigenvalue weighted by molar-refractivity contribution is -0.147. The van der Waals surface area contributed by atoms with Crippen molar-refractivity contribution in [3.05, 3.63) is 29.3 Å². The van der Waals surface area contributed by atoms with E-state index in [9.17, 15) is 9.59 Å². The summed E-state index contributed by atoms with van der Waals surface area (Å²) in [6.07, 6.45) is 3.43. The Hall–Kier alpha value is -2.04. The molecule has 1 fully saturated rings. The van der Waals surface area contributed by atoms with Gasteiger partial charge < -0.3 is 14.7 Å². The number of rotatable bonds is 7. The van der Waals surface area contributed by atoms with Crippen LogP contribution < -0.4 is 4.74 Å². The van der Waals surface area contributed by atoms with Gasteiger partial charge in [-0.1, -0.05) is 12.1 Å². The molecule has 5 heteroatoms. The van der Waals surface area contributed by atoms with Crippen LogP contribution in [0.3, 0.4) is 0 Å². The molecule has 1 heterocycles. The van der Waals surface area contributed by atoms with Gasteiger partial charge in [0.15, 0.2) is 0 Å². The normalized spacial score (nSPS) is 20.4. The van der Waals surface area contributed by atoms with Gasteiger partial charge in [-0.3, -0.25) is 9.59 Å². The molecule has 1 aliphatic heterocycles. The number of nitrogens with zero attached hydrogens (tertiary/aromatic N) is 1. The van der Waals surface area contributed by atoms with Gasteiger partial charge in [0, 0.05) is 19.0 Å². The fraction of sp³-hybridized carbons (Fsp3) is 0.600. The van der Waals surface area contributed by atoms with E-state index in [0.717, 1.165) is 30.6 Å². The monoisotopic (exact) mass is 347 g/mol. The minimum Gasteiger partial charge on any atom is -0.493 e. The molecule has 1 saturated heterocycles. The van der Waals surface area contributed by atoms with E-state index in [2.05, 4.69) is 6.07 Å². The highest BCUT2D eigenvalue weighted by molar-refractivity contribution is 5.78. The van der Waals surface area contributed by atoms with E-state index in [1.165, 1.54) is 5.56 Å². The van der Waals surface area contributed by atoms with Gasteiger partial charge in [-0.2, -0.15) is 0 Å². The fourth-order valence-corrected chi connectivity index (χ4v) is 3.22. The summed E-state index contributed by atoms with van der Waals surface area (Å²) in [7, 11) is 0. The summed E-state index contributed by atoms with van der Waals surface area (Å²) in [6.45, 7) is 6.99. The van der Waals surface area contributed by atoms with E-state index in [-0.39, 0.29) is 11.9 Å². The van der Waals surface area contributed by atoms with Gasteiger partial charge in [-0.15, -0.1) is 0 Å². The Morgan fingerprint density at radius 1 is 1.24 bits per heavy atom. The van der Waals surface area contributed by atoms with E-state index in [1.807, 2.05) is 32.9 Å². The molecule has 1 amide bonds. The molecule has 0 spiro atoms. The van der Waals surface area contributed by atoms with Crippen molar-refractivity contribution in [3.63, 3.8) is 0 Å². The number of unbranched alkanes of at least 4 members (excludes halogenated alkanes) is 1. The smallest absolute Gasteiger partial charge is 0.308 e. The lowest BCUT2D eigenvalue weighted by Crippen LogP contribution is -2.47. The van der Waals surface area contributed by atoms with Crippen LogP contribution in [-0.2, 0) is 9.59 Å². The van der Waals surface area contributed by atoms with Crippen molar-refractivity contribution in [1.29, 1.82) is 0 Å². The van der Waals surface area contributed by atoms with Gasteiger partial charge in [0.1, 0.15) is 5.75 Å². The number of carbonyl (C=O) groups is 2. The predicted octanol–water partition coefficient (Wildman–Crippen LogP) is 3.56. The molecule has 0 bridgehead atoms. The second-order valence-electron chi connectivity index (χ2n) is 7.08. The summed E-state index contributed by atoms with van der Waals surface area (Å²) < 4.78 is 5.81. The van der Waals surface area contributed by atoms with Gasteiger partial charge in [0.2, 0.25) is 5.91 Å². The third kappa shape index (κ3) is 5.48. The number of hydrogen-bond donors (Lipinski definition) is 1. The van der Waals surface area contributed by atoms with Crippen molar-refractivity contribution in [1.82, 2.24) is 4.90 Å². The topological polar surface area (TPSA) is 66.8 Å². The van der Waals surface area contributed by atoms with Gasteiger partial charge in [-0.25, -0.2) is 0 Å². The van der Waals surface area contributed by atoms with Crippen LogP contribution >= 0.6 is 0 Å². The van der Waals surface area contributed by atoms with Gasteiger partial charge in [0.25, 0.3) is 0 Å². The molecule has 2 rings (SSSR count). The van der Waals surface area contributed by atoms with Crippen molar-refractivity contribution < 1.29 is 19.4 Å². The number of aliphatic carboxylic acids is 1. The minimum absolute atomic E-state index is 0.0604. The number of carbonyl (C=O) groups excluding carboxylic acids is 1. The summed E-state index contributed by atoms with van der Waals surface area (Å²) in [5.41, 5.74) is 2.28. The first-order valence-corrected chi connectivity index (χ1v) is 9.11. The Kier molecular flexibility index (Phi) is 6.85. The summed E-state index contributed by atoms with van der Waals surface area (Å²) in [6, 6.07) is 6.27. The third-order valence-corrected chi connectivity index (χ3v) is 4.94. The molecule has 2 unspecified atom stereocenters. The van der Waals surface area contributed by atoms with Crippen LogP contribution in [0.25, 0.3) is 0 Å². The standard InChI is InChI=1S/C20H29NO4/c1-14-7-8-15(2)18(12-14)25-11-5-4-6-19(22)21-13-17(20(23)24)10-9-16(21)3/h7-8,12,16-17H,4-6,9-11,13H2,1-3H3,(H,23,24). The molecular weight excluding hydrogens is 318 g/mol. The molecule has 5 nitrogen and oxygen atoms in total. The SMILES string of the molecule is Cc1ccc(C)c(OCCCCC(=O)N2CC(C(=O)O)CCC2C)c1. The number of amides is 1. The second kappa shape index (κ2) is 8.88. The first-order chi connectivity index (χ1) is 11.9. The summed E-state index contributed by atoms with van der Waals surface area (Å²) >= 11 is 0. The van der Waals surface area contributed by atoms with E-state index < -0.39 is 11.9 Å². The van der Waals surface area contributed by atoms with E-state index in [1.54, 1.807) is 4.90 Å². The van der Waals surface area contributed by atoms with Crippen LogP contribution in [-0.4, -0.2) is 41.1 Å². The number of carboxylic acid groups (broad SMARTS) is 1. The quantitative estimate of drug-likeness (QED) is 0.766. The highest BCUT2D eigenvalue weighted by Crippen LogP contribution is 2.23. The molecule has 1 aromatic carbocycles. The summed E-state index contributed by atoms with van der Waals surface area (Å²) in [4.78, 5) is 25.3. The first kappa shape index (κ1) is 19.3. The van der Waals surface area contributed by atoms with E-state index >= 15 is 0 Å². The van der Waals surface area contributed by atoms with Crippen molar-refractivity contribution >= 4 is 11.9 Å². The molecule has 25 heavy (non-hydrogen) atoms. The van der Waals surface area contributed by atoms with Crippen molar-refractivity contribution in [2.45, 2.75) is 58.9 Å². The van der Waals surface area contributed by atoms with Crippen LogP contribution in [0.15, 0.2) is 18.2 Å². The van der Waals surface area contributed by atoms with Gasteiger partial charge in [0.05, 0.1) is 12.5 Å². The average molecular weight is 347 g/mol. The maximum atomic E-state index is 12.4. The molecular formula is C20H29NO4. The van der Waals surface area contributed by atoms with Crippen LogP contribution in [0.1, 0.15) is 50.2 Å². The van der Waals surface area contributed by atoms with Crippen molar-refractivity contribution in [3.8, 4) is 5.75 Å². The number of piperidine rings is 1. The molecule has 0 saturated carbocycles. The highest BCUT2D eigenvalue weighted by Gasteiger charge is 2.32. The Bertz CT molecular complexity index is 614. The molecule has 0 aliphatic carbocycles. The van der Waals surface area contributed by atoms with Crippen molar-refractivity contribution in [2.75, 3.05) is 13.2 Å². The Morgan fingerprint density at radius 3 is 2.72 bits per heavy atom. The van der Waals surface area contributed by atoms with Crippen LogP contribution in [0, 0.1) is 19.8 Å². The van der Waals surface area contributed by atoms with Gasteiger partial charge in [-0.05, 0) is 63.6 Å². The lowest BCUT2D eigenvalue weighted by atomic mass is 9.93. The van der Waals surface area contributed by atoms with Crippen molar-refractivity contribution in [2.24, 2.45) is 5.92 Å². The van der Waals surface area contributed by atoms with Crippen LogP contribution in [0.5, 0.6) is 5.75 Å². The molecule has 1 aliphatic rings. The Labute approximate surface area is 150 Å². The predicted molar refractivity (Wildman–Crippen MR) is 96.8 cm³/mol. The molecule has 1 N–H and O–H groups in total. The average Bonchev–Trinajstić information content (AvgIpc) is 2.57. The molecule has 0 radical (unpaired) electrons. The maximum absolute atomic E-state index is 12.4.